The number of fused-ring (bicyclic) bond motifs is 1. The molecule has 13 heteroatoms. The summed E-state index contributed by atoms with van der Waals surface area (Å²) < 4.78 is 40.9. The summed E-state index contributed by atoms with van der Waals surface area (Å²) in [6, 6.07) is 1.36. The van der Waals surface area contributed by atoms with Crippen LogP contribution < -0.4 is 0 Å². The molecule has 2 aliphatic carbocycles. The van der Waals surface area contributed by atoms with E-state index >= 15 is 0 Å². The molecule has 1 aromatic heterocycles. The second kappa shape index (κ2) is 10.4. The number of hydrogen-bond acceptors (Lipinski definition) is 13. The van der Waals surface area contributed by atoms with E-state index in [1.165, 1.54) is 33.1 Å². The second-order valence-corrected chi connectivity index (χ2v) is 11.6. The minimum absolute atomic E-state index is 0.00337. The van der Waals surface area contributed by atoms with Crippen LogP contribution in [-0.2, 0) is 47.6 Å². The van der Waals surface area contributed by atoms with Crippen LogP contribution in [0.2, 0.25) is 0 Å². The summed E-state index contributed by atoms with van der Waals surface area (Å²) in [5.74, 6) is -4.85. The number of furan rings is 1. The van der Waals surface area contributed by atoms with Crippen LogP contribution in [0.15, 0.2) is 23.0 Å². The molecule has 0 unspecified atom stereocenters. The number of hydrogen-bond donors (Lipinski definition) is 1. The van der Waals surface area contributed by atoms with Crippen molar-refractivity contribution in [3.05, 3.63) is 24.2 Å². The van der Waals surface area contributed by atoms with Gasteiger partial charge in [-0.3, -0.25) is 19.2 Å². The molecule has 3 fully saturated rings. The molecule has 1 aromatic rings. The zero-order valence-electron chi connectivity index (χ0n) is 24.1. The predicted molar refractivity (Wildman–Crippen MR) is 135 cm³/mol. The Balaban J connectivity index is 2.10. The van der Waals surface area contributed by atoms with E-state index in [-0.39, 0.29) is 18.4 Å². The van der Waals surface area contributed by atoms with Gasteiger partial charge in [-0.2, -0.15) is 0 Å². The van der Waals surface area contributed by atoms with E-state index in [0.29, 0.717) is 0 Å². The van der Waals surface area contributed by atoms with Crippen molar-refractivity contribution in [1.29, 1.82) is 0 Å². The number of carbonyl (C=O) groups excluding carboxylic acids is 5. The van der Waals surface area contributed by atoms with E-state index in [9.17, 15) is 29.1 Å². The molecule has 13 nitrogen and oxygen atoms in total. The van der Waals surface area contributed by atoms with Gasteiger partial charge in [0.1, 0.15) is 36.6 Å². The summed E-state index contributed by atoms with van der Waals surface area (Å²) in [7, 11) is 0. The Morgan fingerprint density at radius 2 is 1.54 bits per heavy atom. The molecule has 2 bridgehead atoms. The van der Waals surface area contributed by atoms with E-state index in [1.807, 2.05) is 0 Å². The molecule has 0 radical (unpaired) electrons. The highest BCUT2D eigenvalue weighted by molar-refractivity contribution is 5.89. The normalized spacial score (nSPS) is 36.8. The summed E-state index contributed by atoms with van der Waals surface area (Å²) in [6.45, 7) is 8.79. The summed E-state index contributed by atoms with van der Waals surface area (Å²) in [5, 5.41) is 12.2. The van der Waals surface area contributed by atoms with Crippen molar-refractivity contribution < 1.29 is 61.9 Å². The molecule has 1 aliphatic heterocycles. The lowest BCUT2D eigenvalue weighted by Crippen LogP contribution is -2.83. The van der Waals surface area contributed by atoms with Crippen molar-refractivity contribution in [2.24, 2.45) is 11.3 Å². The third kappa shape index (κ3) is 4.78. The lowest BCUT2D eigenvalue weighted by Gasteiger charge is -2.65. The van der Waals surface area contributed by atoms with E-state index in [1.54, 1.807) is 13.8 Å². The number of aliphatic hydroxyl groups is 1. The summed E-state index contributed by atoms with van der Waals surface area (Å²) in [6.07, 6.45) is -3.06. The fraction of sp³-hybridized carbons (Fsp3) is 0.679. The Hall–Kier alpha value is -3.45. The third-order valence-electron chi connectivity index (χ3n) is 8.48. The molecule has 1 N–H and O–H groups in total. The monoisotopic (exact) mass is 580 g/mol. The zero-order chi connectivity index (χ0) is 30.5. The first kappa shape index (κ1) is 30.5. The van der Waals surface area contributed by atoms with Crippen molar-refractivity contribution in [2.45, 2.75) is 103 Å². The fourth-order valence-corrected chi connectivity index (χ4v) is 7.24. The molecule has 8 atom stereocenters. The first-order valence-electron chi connectivity index (χ1n) is 13.3. The van der Waals surface area contributed by atoms with Crippen LogP contribution in [0.3, 0.4) is 0 Å². The van der Waals surface area contributed by atoms with Gasteiger partial charge in [-0.1, -0.05) is 0 Å². The molecule has 2 saturated carbocycles. The summed E-state index contributed by atoms with van der Waals surface area (Å²) >= 11 is 0. The molecular formula is C28H36O13. The molecule has 3 aliphatic rings. The Labute approximate surface area is 236 Å². The van der Waals surface area contributed by atoms with Gasteiger partial charge >= 0.3 is 29.8 Å². The van der Waals surface area contributed by atoms with E-state index < -0.39 is 89.0 Å². The Morgan fingerprint density at radius 3 is 2.07 bits per heavy atom. The number of ether oxygens (including phenoxy) is 6. The fourth-order valence-electron chi connectivity index (χ4n) is 7.24. The lowest BCUT2D eigenvalue weighted by atomic mass is 9.46. The lowest BCUT2D eigenvalue weighted by molar-refractivity contribution is -0.348. The third-order valence-corrected chi connectivity index (χ3v) is 8.48. The van der Waals surface area contributed by atoms with Gasteiger partial charge in [0.15, 0.2) is 11.7 Å². The van der Waals surface area contributed by atoms with Gasteiger partial charge in [-0.25, -0.2) is 4.79 Å². The van der Waals surface area contributed by atoms with Crippen molar-refractivity contribution >= 4 is 29.8 Å². The van der Waals surface area contributed by atoms with Gasteiger partial charge in [0.2, 0.25) is 0 Å². The maximum Gasteiger partial charge on any atom is 0.341 e. The minimum atomic E-state index is -1.99. The first-order valence-corrected chi connectivity index (χ1v) is 13.3. The smallest absolute Gasteiger partial charge is 0.341 e. The van der Waals surface area contributed by atoms with Crippen molar-refractivity contribution in [3.63, 3.8) is 0 Å². The van der Waals surface area contributed by atoms with Crippen LogP contribution in [0.25, 0.3) is 0 Å². The average Bonchev–Trinajstić information content (AvgIpc) is 3.43. The van der Waals surface area contributed by atoms with E-state index in [4.69, 9.17) is 32.8 Å². The number of rotatable bonds is 7. The molecular weight excluding hydrogens is 544 g/mol. The maximum atomic E-state index is 13.5. The van der Waals surface area contributed by atoms with Crippen LogP contribution >= 0.6 is 0 Å². The molecule has 1 saturated heterocycles. The van der Waals surface area contributed by atoms with Gasteiger partial charge in [-0.05, 0) is 39.7 Å². The largest absolute Gasteiger partial charge is 0.472 e. The standard InChI is InChI=1S/C28H36O13/c1-14(29)36-13-27-19(37-15(2)30)8-10-26(7,34)28(27)22(39-17(4)32)20(25(5,6)41-28)21(38-16(3)31)23(27)40-24(33)18-9-11-35-12-18/h9,11-12,19-23,34H,8,10,13H2,1-7H3/t19-,20+,21+,22+,23-,26-,27-,28-/m0/s1. The molecule has 4 rings (SSSR count). The Morgan fingerprint density at radius 1 is 0.902 bits per heavy atom. The highest BCUT2D eigenvalue weighted by Crippen LogP contribution is 2.69. The van der Waals surface area contributed by atoms with Crippen LogP contribution in [-0.4, -0.2) is 82.8 Å². The molecule has 1 spiro atoms. The van der Waals surface area contributed by atoms with Crippen molar-refractivity contribution in [3.8, 4) is 0 Å². The Bertz CT molecular complexity index is 1220. The van der Waals surface area contributed by atoms with Crippen molar-refractivity contribution in [2.75, 3.05) is 6.61 Å². The summed E-state index contributed by atoms with van der Waals surface area (Å²) in [5.41, 5.74) is -7.05. The second-order valence-electron chi connectivity index (χ2n) is 11.6. The molecule has 226 valence electrons. The van der Waals surface area contributed by atoms with Gasteiger partial charge in [0, 0.05) is 27.7 Å². The van der Waals surface area contributed by atoms with E-state index in [0.717, 1.165) is 20.1 Å². The minimum Gasteiger partial charge on any atom is -0.472 e. The van der Waals surface area contributed by atoms with Crippen LogP contribution in [0.4, 0.5) is 0 Å². The van der Waals surface area contributed by atoms with Gasteiger partial charge in [0.25, 0.3) is 0 Å². The molecule has 0 aromatic carbocycles. The highest BCUT2D eigenvalue weighted by Gasteiger charge is 2.87. The van der Waals surface area contributed by atoms with Gasteiger partial charge < -0.3 is 37.9 Å². The van der Waals surface area contributed by atoms with E-state index in [2.05, 4.69) is 0 Å². The quantitative estimate of drug-likeness (QED) is 0.366. The van der Waals surface area contributed by atoms with Crippen LogP contribution in [0.5, 0.6) is 0 Å². The van der Waals surface area contributed by atoms with Crippen LogP contribution in [0, 0.1) is 11.3 Å². The Kier molecular flexibility index (Phi) is 7.76. The van der Waals surface area contributed by atoms with Gasteiger partial charge in [-0.15, -0.1) is 0 Å². The topological polar surface area (TPSA) is 174 Å². The van der Waals surface area contributed by atoms with Gasteiger partial charge in [0.05, 0.1) is 28.9 Å². The number of esters is 5. The zero-order valence-corrected chi connectivity index (χ0v) is 24.1. The average molecular weight is 581 g/mol. The maximum absolute atomic E-state index is 13.5. The molecule has 41 heavy (non-hydrogen) atoms. The number of carbonyl (C=O) groups is 5. The van der Waals surface area contributed by atoms with Crippen molar-refractivity contribution in [1.82, 2.24) is 0 Å². The highest BCUT2D eigenvalue weighted by atomic mass is 16.6. The molecule has 2 heterocycles. The summed E-state index contributed by atoms with van der Waals surface area (Å²) in [4.78, 5) is 63.4. The predicted octanol–water partition coefficient (Wildman–Crippen LogP) is 1.87. The van der Waals surface area contributed by atoms with Crippen LogP contribution in [0.1, 0.15) is 71.7 Å². The molecule has 0 amide bonds. The SMILES string of the molecule is CC(=O)OC[C@@]12[C@@H](OC(C)=O)CC[C@](C)(O)[C@]13OC(C)(C)[C@H]([C@@H](OC(C)=O)[C@@H]2OC(=O)c1ccoc1)[C@H]3OC(C)=O. The first-order chi connectivity index (χ1) is 19.0.